The molecular formula is C15H25N3O2S. The van der Waals surface area contributed by atoms with Gasteiger partial charge >= 0.3 is 0 Å². The van der Waals surface area contributed by atoms with E-state index in [4.69, 9.17) is 18.0 Å². The molecule has 5 nitrogen and oxygen atoms in total. The largest absolute Gasteiger partial charge is 0.393 e. The number of nitrogens with zero attached hydrogens (tertiary/aromatic N) is 2. The summed E-state index contributed by atoms with van der Waals surface area (Å²) in [6.45, 7) is 5.60. The molecule has 0 aromatic heterocycles. The van der Waals surface area contributed by atoms with Crippen molar-refractivity contribution in [1.29, 1.82) is 0 Å². The molecule has 2 fully saturated rings. The minimum atomic E-state index is -0.219. The molecule has 2 rings (SSSR count). The normalized spacial score (nSPS) is 23.2. The highest BCUT2D eigenvalue weighted by Crippen LogP contribution is 2.25. The van der Waals surface area contributed by atoms with E-state index in [1.54, 1.807) is 9.80 Å². The van der Waals surface area contributed by atoms with Crippen molar-refractivity contribution in [2.75, 3.05) is 19.6 Å². The molecular weight excluding hydrogens is 286 g/mol. The van der Waals surface area contributed by atoms with Crippen molar-refractivity contribution in [3.05, 3.63) is 0 Å². The molecule has 21 heavy (non-hydrogen) atoms. The quantitative estimate of drug-likeness (QED) is 0.777. The van der Waals surface area contributed by atoms with Gasteiger partial charge in [0.15, 0.2) is 0 Å². The molecule has 2 aliphatic heterocycles. The number of rotatable bonds is 5. The zero-order valence-corrected chi connectivity index (χ0v) is 13.7. The molecule has 118 valence electrons. The zero-order valence-electron chi connectivity index (χ0n) is 12.9. The highest BCUT2D eigenvalue weighted by atomic mass is 32.1. The Morgan fingerprint density at radius 3 is 2.76 bits per heavy atom. The molecule has 1 unspecified atom stereocenters. The fourth-order valence-electron chi connectivity index (χ4n) is 3.05. The van der Waals surface area contributed by atoms with Crippen molar-refractivity contribution in [3.8, 4) is 0 Å². The molecule has 0 saturated carbocycles. The van der Waals surface area contributed by atoms with Gasteiger partial charge in [0, 0.05) is 18.5 Å². The van der Waals surface area contributed by atoms with E-state index in [1.165, 1.54) is 0 Å². The van der Waals surface area contributed by atoms with Gasteiger partial charge in [0.05, 0.1) is 11.5 Å². The fourth-order valence-corrected chi connectivity index (χ4v) is 3.16. The van der Waals surface area contributed by atoms with E-state index >= 15 is 0 Å². The van der Waals surface area contributed by atoms with E-state index in [0.29, 0.717) is 11.5 Å². The Morgan fingerprint density at radius 2 is 2.10 bits per heavy atom. The Morgan fingerprint density at radius 1 is 1.38 bits per heavy atom. The van der Waals surface area contributed by atoms with Crippen LogP contribution >= 0.6 is 12.2 Å². The van der Waals surface area contributed by atoms with Crippen LogP contribution in [0.15, 0.2) is 0 Å². The lowest BCUT2D eigenvalue weighted by Gasteiger charge is -2.43. The van der Waals surface area contributed by atoms with Crippen LogP contribution in [0.2, 0.25) is 0 Å². The molecule has 0 aromatic carbocycles. The third-order valence-corrected chi connectivity index (χ3v) is 5.20. The topological polar surface area (TPSA) is 66.6 Å². The third-order valence-electron chi connectivity index (χ3n) is 4.64. The van der Waals surface area contributed by atoms with Crippen molar-refractivity contribution >= 4 is 29.0 Å². The molecule has 0 aliphatic carbocycles. The number of hydrogen-bond acceptors (Lipinski definition) is 3. The molecule has 2 N–H and O–H groups in total. The molecule has 2 aliphatic rings. The molecule has 0 radical (unpaired) electrons. The van der Waals surface area contributed by atoms with Crippen LogP contribution in [0.5, 0.6) is 0 Å². The van der Waals surface area contributed by atoms with Crippen LogP contribution in [0.1, 0.15) is 46.0 Å². The first-order valence-electron chi connectivity index (χ1n) is 7.71. The summed E-state index contributed by atoms with van der Waals surface area (Å²) in [4.78, 5) is 28.6. The van der Waals surface area contributed by atoms with E-state index in [2.05, 4.69) is 0 Å². The summed E-state index contributed by atoms with van der Waals surface area (Å²) in [5.41, 5.74) is 5.52. The number of fused-ring (bicyclic) bond motifs is 1. The Labute approximate surface area is 131 Å². The summed E-state index contributed by atoms with van der Waals surface area (Å²) < 4.78 is 0. The van der Waals surface area contributed by atoms with Crippen molar-refractivity contribution in [2.45, 2.75) is 52.0 Å². The van der Waals surface area contributed by atoms with E-state index in [-0.39, 0.29) is 29.8 Å². The average Bonchev–Trinajstić information content (AvgIpc) is 2.44. The minimum absolute atomic E-state index is 0.0907. The molecule has 2 heterocycles. The predicted molar refractivity (Wildman–Crippen MR) is 85.7 cm³/mol. The SMILES string of the molecule is CC(C)(CCCN1CC(=O)N2CCCCC2C1=O)C(N)=S. The molecule has 2 saturated heterocycles. The van der Waals surface area contributed by atoms with Gasteiger partial charge < -0.3 is 15.5 Å². The number of carbonyl (C=O) groups is 2. The zero-order chi connectivity index (χ0) is 15.6. The van der Waals surface area contributed by atoms with Crippen LogP contribution in [0.3, 0.4) is 0 Å². The van der Waals surface area contributed by atoms with Crippen molar-refractivity contribution in [3.63, 3.8) is 0 Å². The first-order chi connectivity index (χ1) is 9.83. The van der Waals surface area contributed by atoms with Gasteiger partial charge in [-0.1, -0.05) is 26.1 Å². The first-order valence-corrected chi connectivity index (χ1v) is 8.12. The number of nitrogens with two attached hydrogens (primary N) is 1. The number of piperazine rings is 1. The van der Waals surface area contributed by atoms with E-state index < -0.39 is 0 Å². The molecule has 0 bridgehead atoms. The summed E-state index contributed by atoms with van der Waals surface area (Å²) in [7, 11) is 0. The molecule has 6 heteroatoms. The summed E-state index contributed by atoms with van der Waals surface area (Å²) in [6, 6.07) is -0.219. The number of thiocarbonyl (C=S) groups is 1. The van der Waals surface area contributed by atoms with Crippen molar-refractivity contribution in [1.82, 2.24) is 9.80 Å². The monoisotopic (exact) mass is 311 g/mol. The lowest BCUT2D eigenvalue weighted by Crippen LogP contribution is -2.61. The van der Waals surface area contributed by atoms with Crippen LogP contribution in [0.4, 0.5) is 0 Å². The summed E-state index contributed by atoms with van der Waals surface area (Å²) in [5.74, 6) is 0.204. The number of hydrogen-bond donors (Lipinski definition) is 1. The van der Waals surface area contributed by atoms with Gasteiger partial charge in [-0.15, -0.1) is 0 Å². The van der Waals surface area contributed by atoms with Crippen LogP contribution in [-0.2, 0) is 9.59 Å². The van der Waals surface area contributed by atoms with Gasteiger partial charge in [0.2, 0.25) is 11.8 Å². The Bertz CT molecular complexity index is 450. The second-order valence-electron chi connectivity index (χ2n) is 6.71. The summed E-state index contributed by atoms with van der Waals surface area (Å²) >= 11 is 5.06. The minimum Gasteiger partial charge on any atom is -0.393 e. The maximum absolute atomic E-state index is 12.5. The smallest absolute Gasteiger partial charge is 0.245 e. The van der Waals surface area contributed by atoms with Gasteiger partial charge in [-0.25, -0.2) is 0 Å². The van der Waals surface area contributed by atoms with E-state index in [0.717, 1.165) is 38.6 Å². The van der Waals surface area contributed by atoms with Crippen LogP contribution in [-0.4, -0.2) is 52.3 Å². The number of amides is 2. The van der Waals surface area contributed by atoms with E-state index in [1.807, 2.05) is 13.8 Å². The summed E-state index contributed by atoms with van der Waals surface area (Å²) in [5, 5.41) is 0. The lowest BCUT2D eigenvalue weighted by atomic mass is 9.87. The standard InChI is InChI=1S/C15H25N3O2S/c1-15(2,14(16)21)7-5-8-17-10-12(19)18-9-4-3-6-11(18)13(17)20/h11H,3-10H2,1-2H3,(H2,16,21). The second-order valence-corrected chi connectivity index (χ2v) is 7.15. The highest BCUT2D eigenvalue weighted by Gasteiger charge is 2.40. The van der Waals surface area contributed by atoms with Gasteiger partial charge in [-0.2, -0.15) is 0 Å². The van der Waals surface area contributed by atoms with Crippen molar-refractivity contribution in [2.24, 2.45) is 11.1 Å². The highest BCUT2D eigenvalue weighted by molar-refractivity contribution is 7.80. The summed E-state index contributed by atoms with van der Waals surface area (Å²) in [6.07, 6.45) is 4.49. The van der Waals surface area contributed by atoms with Gasteiger partial charge in [0.1, 0.15) is 6.04 Å². The van der Waals surface area contributed by atoms with E-state index in [9.17, 15) is 9.59 Å². The molecule has 1 atom stereocenters. The van der Waals surface area contributed by atoms with Crippen LogP contribution in [0.25, 0.3) is 0 Å². The van der Waals surface area contributed by atoms with Crippen LogP contribution in [0, 0.1) is 5.41 Å². The predicted octanol–water partition coefficient (Wildman–Crippen LogP) is 1.30. The van der Waals surface area contributed by atoms with Crippen molar-refractivity contribution < 1.29 is 9.59 Å². The number of carbonyl (C=O) groups excluding carboxylic acids is 2. The molecule has 0 aromatic rings. The maximum Gasteiger partial charge on any atom is 0.245 e. The van der Waals surface area contributed by atoms with Crippen LogP contribution < -0.4 is 5.73 Å². The van der Waals surface area contributed by atoms with Gasteiger partial charge in [-0.3, -0.25) is 9.59 Å². The Kier molecular flexibility index (Phi) is 4.86. The molecule has 2 amide bonds. The number of piperidine rings is 1. The Balaban J connectivity index is 1.90. The fraction of sp³-hybridized carbons (Fsp3) is 0.800. The first kappa shape index (κ1) is 16.2. The van der Waals surface area contributed by atoms with Gasteiger partial charge in [0.25, 0.3) is 0 Å². The maximum atomic E-state index is 12.5. The Hall–Kier alpha value is -1.17. The lowest BCUT2D eigenvalue weighted by molar-refractivity contribution is -0.157. The molecule has 0 spiro atoms. The van der Waals surface area contributed by atoms with Gasteiger partial charge in [-0.05, 0) is 32.1 Å². The second kappa shape index (κ2) is 6.30. The third kappa shape index (κ3) is 3.54. The average molecular weight is 311 g/mol.